The van der Waals surface area contributed by atoms with E-state index in [9.17, 15) is 8.78 Å². The molecule has 0 saturated carbocycles. The Morgan fingerprint density at radius 1 is 1.32 bits per heavy atom. The molecule has 0 heterocycles. The van der Waals surface area contributed by atoms with E-state index in [1.165, 1.54) is 12.1 Å². The molecule has 1 rings (SSSR count). The van der Waals surface area contributed by atoms with Crippen molar-refractivity contribution in [2.24, 2.45) is 0 Å². The molecule has 5 heteroatoms. The molecular weight excluding hydrogens is 314 g/mol. The first-order valence-electron chi connectivity index (χ1n) is 6.27. The second-order valence-electron chi connectivity index (χ2n) is 5.30. The highest BCUT2D eigenvalue weighted by molar-refractivity contribution is 9.10. The van der Waals surface area contributed by atoms with Crippen LogP contribution in [-0.2, 0) is 0 Å². The summed E-state index contributed by atoms with van der Waals surface area (Å²) in [6, 6.07) is 2.24. The highest BCUT2D eigenvalue weighted by Crippen LogP contribution is 2.35. The first-order valence-corrected chi connectivity index (χ1v) is 7.07. The number of halogens is 3. The van der Waals surface area contributed by atoms with E-state index < -0.39 is 23.2 Å². The smallest absolute Gasteiger partial charge is 0.145 e. The fourth-order valence-corrected chi connectivity index (χ4v) is 2.32. The van der Waals surface area contributed by atoms with Crippen molar-refractivity contribution in [1.82, 2.24) is 10.2 Å². The van der Waals surface area contributed by atoms with Crippen LogP contribution in [0.2, 0.25) is 0 Å². The molecule has 1 N–H and O–H groups in total. The minimum atomic E-state index is -0.541. The van der Waals surface area contributed by atoms with Gasteiger partial charge in [0, 0.05) is 11.1 Å². The molecule has 0 aliphatic heterocycles. The van der Waals surface area contributed by atoms with Crippen molar-refractivity contribution in [2.75, 3.05) is 20.6 Å². The molecule has 0 fully saturated rings. The molecular formula is C14H21BrF2N2. The largest absolute Gasteiger partial charge is 0.309 e. The maximum absolute atomic E-state index is 14.3. The number of nitrogens with one attached hydrogen (secondary N) is 1. The van der Waals surface area contributed by atoms with Crippen LogP contribution in [0.5, 0.6) is 0 Å². The fourth-order valence-electron chi connectivity index (χ4n) is 1.97. The Hall–Kier alpha value is -0.520. The topological polar surface area (TPSA) is 15.3 Å². The standard InChI is InChI=1S/C14H21BrF2N2/c1-6-18-13(14(2,3)19(4)5)11-10(16)8-7-9(15)12(11)17/h7-8,13,18H,6H2,1-5H3. The van der Waals surface area contributed by atoms with E-state index in [0.29, 0.717) is 6.54 Å². The monoisotopic (exact) mass is 334 g/mol. The average molecular weight is 335 g/mol. The molecule has 0 aliphatic rings. The van der Waals surface area contributed by atoms with Gasteiger partial charge in [0.2, 0.25) is 0 Å². The first kappa shape index (κ1) is 16.5. The second kappa shape index (κ2) is 6.29. The zero-order valence-corrected chi connectivity index (χ0v) is 13.6. The molecule has 19 heavy (non-hydrogen) atoms. The zero-order chi connectivity index (χ0) is 14.8. The van der Waals surface area contributed by atoms with E-state index in [2.05, 4.69) is 21.2 Å². The Morgan fingerprint density at radius 2 is 1.89 bits per heavy atom. The molecule has 0 bridgehead atoms. The van der Waals surface area contributed by atoms with Gasteiger partial charge in [0.15, 0.2) is 0 Å². The molecule has 0 spiro atoms. The summed E-state index contributed by atoms with van der Waals surface area (Å²) in [7, 11) is 3.80. The number of hydrogen-bond donors (Lipinski definition) is 1. The lowest BCUT2D eigenvalue weighted by molar-refractivity contribution is 0.134. The van der Waals surface area contributed by atoms with Gasteiger partial charge in [0.05, 0.1) is 10.5 Å². The van der Waals surface area contributed by atoms with Crippen LogP contribution in [0.15, 0.2) is 16.6 Å². The van der Waals surface area contributed by atoms with Crippen molar-refractivity contribution in [3.63, 3.8) is 0 Å². The SMILES string of the molecule is CCNC(c1c(F)ccc(Br)c1F)C(C)(C)N(C)C. The van der Waals surface area contributed by atoms with E-state index in [0.717, 1.165) is 0 Å². The normalized spacial score (nSPS) is 13.9. The number of rotatable bonds is 5. The molecule has 1 atom stereocenters. The van der Waals surface area contributed by atoms with Gasteiger partial charge in [0.25, 0.3) is 0 Å². The summed E-state index contributed by atoms with van der Waals surface area (Å²) in [5, 5.41) is 3.19. The Morgan fingerprint density at radius 3 is 2.37 bits per heavy atom. The fraction of sp³-hybridized carbons (Fsp3) is 0.571. The second-order valence-corrected chi connectivity index (χ2v) is 6.15. The molecule has 0 aromatic heterocycles. The van der Waals surface area contributed by atoms with Crippen molar-refractivity contribution in [2.45, 2.75) is 32.4 Å². The van der Waals surface area contributed by atoms with Crippen LogP contribution in [0.25, 0.3) is 0 Å². The molecule has 108 valence electrons. The Balaban J connectivity index is 3.39. The zero-order valence-electron chi connectivity index (χ0n) is 12.0. The highest BCUT2D eigenvalue weighted by atomic mass is 79.9. The maximum Gasteiger partial charge on any atom is 0.145 e. The summed E-state index contributed by atoms with van der Waals surface area (Å²) in [4.78, 5) is 1.96. The van der Waals surface area contributed by atoms with Crippen molar-refractivity contribution < 1.29 is 8.78 Å². The van der Waals surface area contributed by atoms with Crippen molar-refractivity contribution in [3.05, 3.63) is 33.8 Å². The minimum Gasteiger partial charge on any atom is -0.309 e. The Labute approximate surface area is 122 Å². The molecule has 0 radical (unpaired) electrons. The summed E-state index contributed by atoms with van der Waals surface area (Å²) in [5.74, 6) is -1.07. The molecule has 1 aromatic rings. The highest BCUT2D eigenvalue weighted by Gasteiger charge is 2.36. The van der Waals surface area contributed by atoms with Crippen molar-refractivity contribution >= 4 is 15.9 Å². The molecule has 1 aromatic carbocycles. The van der Waals surface area contributed by atoms with Gasteiger partial charge in [0.1, 0.15) is 11.6 Å². The quantitative estimate of drug-likeness (QED) is 0.825. The van der Waals surface area contributed by atoms with Gasteiger partial charge in [-0.1, -0.05) is 6.92 Å². The van der Waals surface area contributed by atoms with Crippen LogP contribution in [0.4, 0.5) is 8.78 Å². The summed E-state index contributed by atoms with van der Waals surface area (Å²) >= 11 is 3.12. The van der Waals surface area contributed by atoms with Gasteiger partial charge in [-0.2, -0.15) is 0 Å². The molecule has 1 unspecified atom stereocenters. The lowest BCUT2D eigenvalue weighted by Gasteiger charge is -2.41. The van der Waals surface area contributed by atoms with E-state index in [-0.39, 0.29) is 10.0 Å². The van der Waals surface area contributed by atoms with E-state index in [1.54, 1.807) is 0 Å². The molecule has 0 aliphatic carbocycles. The van der Waals surface area contributed by atoms with Gasteiger partial charge in [-0.3, -0.25) is 0 Å². The van der Waals surface area contributed by atoms with E-state index in [4.69, 9.17) is 0 Å². The van der Waals surface area contributed by atoms with Crippen LogP contribution in [-0.4, -0.2) is 31.1 Å². The number of benzene rings is 1. The number of nitrogens with zero attached hydrogens (tertiary/aromatic N) is 1. The summed E-state index contributed by atoms with van der Waals surface area (Å²) in [5.41, 5.74) is -0.353. The molecule has 0 saturated heterocycles. The van der Waals surface area contributed by atoms with Crippen LogP contribution in [0.3, 0.4) is 0 Å². The summed E-state index contributed by atoms with van der Waals surface area (Å²) < 4.78 is 28.6. The predicted octanol–water partition coefficient (Wildman–Crippen LogP) is 3.72. The van der Waals surface area contributed by atoms with Gasteiger partial charge in [-0.05, 0) is 62.6 Å². The third kappa shape index (κ3) is 3.33. The average Bonchev–Trinajstić information content (AvgIpc) is 2.33. The summed E-state index contributed by atoms with van der Waals surface area (Å²) in [6.07, 6.45) is 0. The minimum absolute atomic E-state index is 0.0786. The van der Waals surface area contributed by atoms with Gasteiger partial charge < -0.3 is 10.2 Å². The van der Waals surface area contributed by atoms with Gasteiger partial charge >= 0.3 is 0 Å². The van der Waals surface area contributed by atoms with Crippen LogP contribution >= 0.6 is 15.9 Å². The third-order valence-corrected chi connectivity index (χ3v) is 4.25. The van der Waals surface area contributed by atoms with Crippen molar-refractivity contribution in [3.8, 4) is 0 Å². The number of hydrogen-bond acceptors (Lipinski definition) is 2. The van der Waals surface area contributed by atoms with E-state index in [1.807, 2.05) is 39.8 Å². The molecule has 0 amide bonds. The Kier molecular flexibility index (Phi) is 5.47. The maximum atomic E-state index is 14.3. The summed E-state index contributed by atoms with van der Waals surface area (Å²) in [6.45, 7) is 6.47. The van der Waals surface area contributed by atoms with Crippen LogP contribution < -0.4 is 5.32 Å². The van der Waals surface area contributed by atoms with Crippen LogP contribution in [0, 0.1) is 11.6 Å². The predicted molar refractivity (Wildman–Crippen MR) is 78.2 cm³/mol. The van der Waals surface area contributed by atoms with Crippen molar-refractivity contribution in [1.29, 1.82) is 0 Å². The van der Waals surface area contributed by atoms with Gasteiger partial charge in [-0.25, -0.2) is 8.78 Å². The van der Waals surface area contributed by atoms with Gasteiger partial charge in [-0.15, -0.1) is 0 Å². The van der Waals surface area contributed by atoms with Crippen LogP contribution in [0.1, 0.15) is 32.4 Å². The third-order valence-electron chi connectivity index (χ3n) is 3.64. The molecule has 2 nitrogen and oxygen atoms in total. The Bertz CT molecular complexity index is 447. The first-order chi connectivity index (χ1) is 8.73. The lowest BCUT2D eigenvalue weighted by atomic mass is 9.86. The van der Waals surface area contributed by atoms with E-state index >= 15 is 0 Å². The number of likely N-dealkylation sites (N-methyl/N-ethyl adjacent to an activating group) is 2. The lowest BCUT2D eigenvalue weighted by Crippen LogP contribution is -2.50.